The predicted molar refractivity (Wildman–Crippen MR) is 113 cm³/mol. The molecule has 0 saturated carbocycles. The number of carbonyl (C=O) groups is 1. The van der Waals surface area contributed by atoms with Crippen molar-refractivity contribution in [1.82, 2.24) is 9.88 Å². The quantitative estimate of drug-likeness (QED) is 0.593. The smallest absolute Gasteiger partial charge is 0.334 e. The second kappa shape index (κ2) is 9.36. The molecular formula is C21H27N5O3. The molecule has 1 unspecified atom stereocenters. The van der Waals surface area contributed by atoms with E-state index in [4.69, 9.17) is 0 Å². The van der Waals surface area contributed by atoms with E-state index in [1.807, 2.05) is 54.0 Å². The fourth-order valence-electron chi connectivity index (χ4n) is 3.63. The van der Waals surface area contributed by atoms with Crippen molar-refractivity contribution in [3.63, 3.8) is 0 Å². The van der Waals surface area contributed by atoms with Crippen molar-refractivity contribution in [1.29, 1.82) is 0 Å². The molecule has 2 heterocycles. The van der Waals surface area contributed by atoms with Gasteiger partial charge in [-0.2, -0.15) is 0 Å². The van der Waals surface area contributed by atoms with E-state index in [0.717, 1.165) is 12.0 Å². The number of hydrogen-bond donors (Lipinski definition) is 1. The lowest BCUT2D eigenvalue weighted by Crippen LogP contribution is -2.39. The van der Waals surface area contributed by atoms with Gasteiger partial charge in [-0.05, 0) is 25.0 Å². The number of rotatable bonds is 6. The third-order valence-electron chi connectivity index (χ3n) is 5.30. The molecule has 1 fully saturated rings. The maximum Gasteiger partial charge on any atom is 0.334 e. The summed E-state index contributed by atoms with van der Waals surface area (Å²) in [5.74, 6) is 0.464. The normalized spacial score (nSPS) is 17.0. The number of benzene rings is 1. The first-order valence-corrected chi connectivity index (χ1v) is 9.96. The van der Waals surface area contributed by atoms with Gasteiger partial charge < -0.3 is 15.1 Å². The largest absolute Gasteiger partial charge is 0.375 e. The average Bonchev–Trinajstić information content (AvgIpc) is 2.93. The van der Waals surface area contributed by atoms with Gasteiger partial charge in [0, 0.05) is 44.8 Å². The Balaban J connectivity index is 1.83. The summed E-state index contributed by atoms with van der Waals surface area (Å²) in [5.41, 5.74) is 1.46. The second-order valence-electron chi connectivity index (χ2n) is 7.19. The molecule has 1 aliphatic heterocycles. The van der Waals surface area contributed by atoms with Crippen molar-refractivity contribution < 1.29 is 9.72 Å². The Morgan fingerprint density at radius 3 is 2.69 bits per heavy atom. The summed E-state index contributed by atoms with van der Waals surface area (Å²) in [6, 6.07) is 11.5. The molecule has 3 rings (SSSR count). The highest BCUT2D eigenvalue weighted by atomic mass is 16.6. The summed E-state index contributed by atoms with van der Waals surface area (Å²) < 4.78 is 0. The topological polar surface area (TPSA) is 91.6 Å². The van der Waals surface area contributed by atoms with Gasteiger partial charge in [-0.15, -0.1) is 0 Å². The van der Waals surface area contributed by atoms with Crippen LogP contribution in [0.3, 0.4) is 0 Å². The number of pyridine rings is 1. The minimum atomic E-state index is -0.376. The van der Waals surface area contributed by atoms with Gasteiger partial charge in [-0.3, -0.25) is 14.9 Å². The Kier molecular flexibility index (Phi) is 6.64. The van der Waals surface area contributed by atoms with Gasteiger partial charge in [0.25, 0.3) is 0 Å². The van der Waals surface area contributed by atoms with Crippen LogP contribution in [-0.4, -0.2) is 46.4 Å². The van der Waals surface area contributed by atoms with Gasteiger partial charge in [0.15, 0.2) is 0 Å². The van der Waals surface area contributed by atoms with Gasteiger partial charge in [0.1, 0.15) is 5.69 Å². The van der Waals surface area contributed by atoms with Crippen LogP contribution in [0.4, 0.5) is 17.2 Å². The van der Waals surface area contributed by atoms with E-state index >= 15 is 0 Å². The molecule has 1 aliphatic rings. The van der Waals surface area contributed by atoms with Gasteiger partial charge in [-0.1, -0.05) is 37.3 Å². The van der Waals surface area contributed by atoms with Crippen molar-refractivity contribution in [3.8, 4) is 0 Å². The standard InChI is InChI=1S/C21H27N5O3/c1-3-19(27)25-14-13-24(12-10-16(25)2)21-20(26(28)29)18(9-11-22-21)23-15-17-7-5-4-6-8-17/h4-9,11,16H,3,10,12-15H2,1-2H3,(H,22,23). The SMILES string of the molecule is CCC(=O)N1CCN(c2nccc(NCc3ccccc3)c2[N+](=O)[O-])CCC1C. The van der Waals surface area contributed by atoms with Crippen LogP contribution in [0.5, 0.6) is 0 Å². The number of carbonyl (C=O) groups excluding carboxylic acids is 1. The number of nitro groups is 1. The first-order valence-electron chi connectivity index (χ1n) is 9.96. The third kappa shape index (κ3) is 4.82. The molecule has 29 heavy (non-hydrogen) atoms. The average molecular weight is 397 g/mol. The van der Waals surface area contributed by atoms with E-state index in [-0.39, 0.29) is 22.6 Å². The first-order chi connectivity index (χ1) is 14.0. The van der Waals surface area contributed by atoms with E-state index in [0.29, 0.717) is 44.1 Å². The van der Waals surface area contributed by atoms with Crippen molar-refractivity contribution in [3.05, 3.63) is 58.3 Å². The zero-order valence-electron chi connectivity index (χ0n) is 16.9. The number of aromatic nitrogens is 1. The highest BCUT2D eigenvalue weighted by Crippen LogP contribution is 2.34. The zero-order valence-corrected chi connectivity index (χ0v) is 16.9. The molecule has 1 aromatic carbocycles. The molecule has 8 nitrogen and oxygen atoms in total. The molecular weight excluding hydrogens is 370 g/mol. The van der Waals surface area contributed by atoms with E-state index in [1.165, 1.54) is 0 Å². The molecule has 2 aromatic rings. The second-order valence-corrected chi connectivity index (χ2v) is 7.19. The molecule has 0 bridgehead atoms. The minimum absolute atomic E-state index is 0.0219. The van der Waals surface area contributed by atoms with Crippen molar-refractivity contribution >= 4 is 23.1 Å². The van der Waals surface area contributed by atoms with E-state index in [1.54, 1.807) is 12.3 Å². The maximum absolute atomic E-state index is 12.2. The molecule has 1 amide bonds. The Morgan fingerprint density at radius 1 is 1.24 bits per heavy atom. The van der Waals surface area contributed by atoms with Crippen LogP contribution in [0.1, 0.15) is 32.3 Å². The highest BCUT2D eigenvalue weighted by Gasteiger charge is 2.30. The van der Waals surface area contributed by atoms with Crippen molar-refractivity contribution in [2.24, 2.45) is 0 Å². The number of nitrogens with zero attached hydrogens (tertiary/aromatic N) is 4. The molecule has 0 radical (unpaired) electrons. The van der Waals surface area contributed by atoms with E-state index in [9.17, 15) is 14.9 Å². The number of hydrogen-bond acceptors (Lipinski definition) is 6. The monoisotopic (exact) mass is 397 g/mol. The molecule has 1 atom stereocenters. The third-order valence-corrected chi connectivity index (χ3v) is 5.30. The fraction of sp³-hybridized carbons (Fsp3) is 0.429. The Labute approximate surface area is 170 Å². The summed E-state index contributed by atoms with van der Waals surface area (Å²) >= 11 is 0. The summed E-state index contributed by atoms with van der Waals surface area (Å²) in [5, 5.41) is 15.1. The van der Waals surface area contributed by atoms with Crippen LogP contribution < -0.4 is 10.2 Å². The number of anilines is 2. The van der Waals surface area contributed by atoms with Crippen LogP contribution in [0.2, 0.25) is 0 Å². The van der Waals surface area contributed by atoms with Gasteiger partial charge in [-0.25, -0.2) is 4.98 Å². The van der Waals surface area contributed by atoms with Crippen LogP contribution in [0, 0.1) is 10.1 Å². The Hall–Kier alpha value is -3.16. The van der Waals surface area contributed by atoms with Crippen molar-refractivity contribution in [2.45, 2.75) is 39.3 Å². The maximum atomic E-state index is 12.2. The summed E-state index contributed by atoms with van der Waals surface area (Å²) in [6.45, 7) is 6.04. The number of nitrogens with one attached hydrogen (secondary N) is 1. The van der Waals surface area contributed by atoms with Gasteiger partial charge in [0.2, 0.25) is 11.7 Å². The highest BCUT2D eigenvalue weighted by molar-refractivity contribution is 5.77. The van der Waals surface area contributed by atoms with E-state index < -0.39 is 0 Å². The molecule has 0 aliphatic carbocycles. The molecule has 1 N–H and O–H groups in total. The lowest BCUT2D eigenvalue weighted by Gasteiger charge is -2.26. The van der Waals surface area contributed by atoms with Crippen LogP contribution >= 0.6 is 0 Å². The molecule has 0 spiro atoms. The van der Waals surface area contributed by atoms with Crippen LogP contribution in [0.15, 0.2) is 42.6 Å². The zero-order chi connectivity index (χ0) is 20.8. The molecule has 1 saturated heterocycles. The molecule has 1 aromatic heterocycles. The van der Waals surface area contributed by atoms with E-state index in [2.05, 4.69) is 10.3 Å². The van der Waals surface area contributed by atoms with Gasteiger partial charge in [0.05, 0.1) is 4.92 Å². The van der Waals surface area contributed by atoms with Gasteiger partial charge >= 0.3 is 5.69 Å². The Bertz CT molecular complexity index is 859. The molecule has 154 valence electrons. The summed E-state index contributed by atoms with van der Waals surface area (Å²) in [7, 11) is 0. The Morgan fingerprint density at radius 2 is 2.00 bits per heavy atom. The van der Waals surface area contributed by atoms with Crippen LogP contribution in [0.25, 0.3) is 0 Å². The lowest BCUT2D eigenvalue weighted by atomic mass is 10.2. The van der Waals surface area contributed by atoms with Crippen LogP contribution in [-0.2, 0) is 11.3 Å². The summed E-state index contributed by atoms with van der Waals surface area (Å²) in [4.78, 5) is 31.8. The number of amides is 1. The molecule has 8 heteroatoms. The predicted octanol–water partition coefficient (Wildman–Crippen LogP) is 3.44. The lowest BCUT2D eigenvalue weighted by molar-refractivity contribution is -0.383. The first kappa shape index (κ1) is 20.6. The summed E-state index contributed by atoms with van der Waals surface area (Å²) in [6.07, 6.45) is 2.80. The fourth-order valence-corrected chi connectivity index (χ4v) is 3.63. The van der Waals surface area contributed by atoms with Crippen molar-refractivity contribution in [2.75, 3.05) is 29.9 Å². The minimum Gasteiger partial charge on any atom is -0.375 e.